The van der Waals surface area contributed by atoms with E-state index in [0.717, 1.165) is 48.7 Å². The summed E-state index contributed by atoms with van der Waals surface area (Å²) in [6.45, 7) is 3.12. The quantitative estimate of drug-likeness (QED) is 0.601. The smallest absolute Gasteiger partial charge is 0.233 e. The Balaban J connectivity index is 1.35. The number of aromatic nitrogens is 1. The summed E-state index contributed by atoms with van der Waals surface area (Å²) in [5.41, 5.74) is 2.80. The third kappa shape index (κ3) is 3.92. The summed E-state index contributed by atoms with van der Waals surface area (Å²) in [7, 11) is 0. The maximum absolute atomic E-state index is 13.5. The Kier molecular flexibility index (Phi) is 5.40. The molecule has 5 rings (SSSR count). The molecule has 30 heavy (non-hydrogen) atoms. The van der Waals surface area contributed by atoms with Gasteiger partial charge in [0, 0.05) is 17.5 Å². The lowest BCUT2D eigenvalue weighted by Crippen LogP contribution is -2.41. The van der Waals surface area contributed by atoms with Crippen LogP contribution in [0.4, 0.5) is 0 Å². The molecular weight excluding hydrogens is 390 g/mol. The second kappa shape index (κ2) is 8.32. The van der Waals surface area contributed by atoms with Gasteiger partial charge in [-0.2, -0.15) is 0 Å². The van der Waals surface area contributed by atoms with Crippen LogP contribution >= 0.6 is 11.3 Å². The fourth-order valence-corrected chi connectivity index (χ4v) is 5.42. The highest BCUT2D eigenvalue weighted by Gasteiger charge is 2.54. The van der Waals surface area contributed by atoms with Gasteiger partial charge in [0.05, 0.1) is 11.7 Å². The predicted octanol–water partition coefficient (Wildman–Crippen LogP) is 4.80. The first-order valence-corrected chi connectivity index (χ1v) is 11.7. The Bertz CT molecular complexity index is 992. The Hall–Kier alpha value is -2.50. The summed E-state index contributed by atoms with van der Waals surface area (Å²) in [6, 6.07) is 20.6. The van der Waals surface area contributed by atoms with Gasteiger partial charge in [0.1, 0.15) is 10.4 Å². The summed E-state index contributed by atoms with van der Waals surface area (Å²) >= 11 is 1.62. The molecule has 1 atom stereocenters. The van der Waals surface area contributed by atoms with E-state index in [0.29, 0.717) is 0 Å². The molecule has 1 aliphatic heterocycles. The SMILES string of the molecule is O=C(NC(CN1CCCC1)c1ccccc1)C1(c2nc(-c3ccccc3)cs2)CC1. The molecule has 4 nitrogen and oxygen atoms in total. The Morgan fingerprint density at radius 2 is 1.70 bits per heavy atom. The minimum absolute atomic E-state index is 0.0165. The average Bonchev–Trinajstić information content (AvgIpc) is 3.20. The van der Waals surface area contributed by atoms with Crippen molar-refractivity contribution in [3.63, 3.8) is 0 Å². The van der Waals surface area contributed by atoms with Crippen molar-refractivity contribution in [2.24, 2.45) is 0 Å². The number of carbonyl (C=O) groups is 1. The van der Waals surface area contributed by atoms with E-state index in [1.165, 1.54) is 18.4 Å². The van der Waals surface area contributed by atoms with Crippen LogP contribution in [0.1, 0.15) is 42.3 Å². The number of hydrogen-bond acceptors (Lipinski definition) is 4. The lowest BCUT2D eigenvalue weighted by molar-refractivity contribution is -0.124. The average molecular weight is 418 g/mol. The molecule has 0 spiro atoms. The van der Waals surface area contributed by atoms with Crippen molar-refractivity contribution in [2.45, 2.75) is 37.1 Å². The number of benzene rings is 2. The van der Waals surface area contributed by atoms with Crippen molar-refractivity contribution in [2.75, 3.05) is 19.6 Å². The number of thiazole rings is 1. The van der Waals surface area contributed by atoms with Gasteiger partial charge in [-0.15, -0.1) is 11.3 Å². The number of carbonyl (C=O) groups excluding carboxylic acids is 1. The largest absolute Gasteiger partial charge is 0.347 e. The number of amides is 1. The van der Waals surface area contributed by atoms with Crippen LogP contribution in [-0.2, 0) is 10.2 Å². The van der Waals surface area contributed by atoms with E-state index < -0.39 is 5.41 Å². The molecule has 2 aliphatic rings. The molecule has 5 heteroatoms. The monoisotopic (exact) mass is 417 g/mol. The molecule has 1 aromatic heterocycles. The minimum atomic E-state index is -0.449. The van der Waals surface area contributed by atoms with E-state index in [1.807, 2.05) is 24.3 Å². The highest BCUT2D eigenvalue weighted by molar-refractivity contribution is 7.10. The zero-order chi connectivity index (χ0) is 20.4. The van der Waals surface area contributed by atoms with Gasteiger partial charge in [-0.05, 0) is 44.3 Å². The summed E-state index contributed by atoms with van der Waals surface area (Å²) in [5.74, 6) is 0.129. The van der Waals surface area contributed by atoms with Crippen molar-refractivity contribution in [3.05, 3.63) is 76.6 Å². The summed E-state index contributed by atoms with van der Waals surface area (Å²) in [4.78, 5) is 20.8. The summed E-state index contributed by atoms with van der Waals surface area (Å²) in [5, 5.41) is 6.43. The van der Waals surface area contributed by atoms with Crippen LogP contribution in [-0.4, -0.2) is 35.4 Å². The molecule has 2 fully saturated rings. The van der Waals surface area contributed by atoms with Crippen molar-refractivity contribution in [1.29, 1.82) is 0 Å². The minimum Gasteiger partial charge on any atom is -0.347 e. The van der Waals surface area contributed by atoms with Gasteiger partial charge in [0.2, 0.25) is 5.91 Å². The van der Waals surface area contributed by atoms with Crippen LogP contribution in [0.25, 0.3) is 11.3 Å². The van der Waals surface area contributed by atoms with Crippen molar-refractivity contribution in [1.82, 2.24) is 15.2 Å². The number of likely N-dealkylation sites (tertiary alicyclic amines) is 1. The van der Waals surface area contributed by atoms with Crippen LogP contribution in [0.15, 0.2) is 66.0 Å². The van der Waals surface area contributed by atoms with Crippen molar-refractivity contribution >= 4 is 17.2 Å². The van der Waals surface area contributed by atoms with Crippen LogP contribution in [0.5, 0.6) is 0 Å². The number of rotatable bonds is 7. The Labute approximate surface area is 182 Å². The molecule has 1 N–H and O–H groups in total. The third-order valence-corrected chi connectivity index (χ3v) is 7.36. The second-order valence-electron chi connectivity index (χ2n) is 8.43. The topological polar surface area (TPSA) is 45.2 Å². The second-order valence-corrected chi connectivity index (χ2v) is 9.29. The lowest BCUT2D eigenvalue weighted by Gasteiger charge is -2.26. The van der Waals surface area contributed by atoms with Gasteiger partial charge in [0.25, 0.3) is 0 Å². The van der Waals surface area contributed by atoms with E-state index in [1.54, 1.807) is 11.3 Å². The fourth-order valence-electron chi connectivity index (χ4n) is 4.34. The van der Waals surface area contributed by atoms with Crippen molar-refractivity contribution in [3.8, 4) is 11.3 Å². The first-order chi connectivity index (χ1) is 14.7. The molecule has 154 valence electrons. The molecule has 1 saturated heterocycles. The van der Waals surface area contributed by atoms with Gasteiger partial charge in [-0.3, -0.25) is 4.79 Å². The standard InChI is InChI=1S/C25H27N3OS/c29-23(26-21(17-28-15-7-8-16-28)19-9-3-1-4-10-19)25(13-14-25)24-27-22(18-30-24)20-11-5-2-6-12-20/h1-6,9-12,18,21H,7-8,13-17H2,(H,26,29). The highest BCUT2D eigenvalue weighted by atomic mass is 32.1. The number of hydrogen-bond donors (Lipinski definition) is 1. The summed E-state index contributed by atoms with van der Waals surface area (Å²) < 4.78 is 0. The first kappa shape index (κ1) is 19.5. The van der Waals surface area contributed by atoms with E-state index in [9.17, 15) is 4.79 Å². The highest BCUT2D eigenvalue weighted by Crippen LogP contribution is 2.50. The molecule has 2 aromatic carbocycles. The van der Waals surface area contributed by atoms with Gasteiger partial charge in [0.15, 0.2) is 0 Å². The molecule has 2 heterocycles. The van der Waals surface area contributed by atoms with Gasteiger partial charge >= 0.3 is 0 Å². The molecule has 1 saturated carbocycles. The number of nitrogens with one attached hydrogen (secondary N) is 1. The van der Waals surface area contributed by atoms with Gasteiger partial charge in [-0.25, -0.2) is 4.98 Å². The van der Waals surface area contributed by atoms with E-state index >= 15 is 0 Å². The normalized spacial score (nSPS) is 18.8. The molecule has 0 bridgehead atoms. The van der Waals surface area contributed by atoms with Crippen LogP contribution in [0, 0.1) is 0 Å². The van der Waals surface area contributed by atoms with Crippen LogP contribution < -0.4 is 5.32 Å². The first-order valence-electron chi connectivity index (χ1n) is 10.8. The number of nitrogens with zero attached hydrogens (tertiary/aromatic N) is 2. The molecule has 0 radical (unpaired) electrons. The summed E-state index contributed by atoms with van der Waals surface area (Å²) in [6.07, 6.45) is 4.26. The third-order valence-electron chi connectivity index (χ3n) is 6.31. The molecule has 1 amide bonds. The molecule has 1 aliphatic carbocycles. The Morgan fingerprint density at radius 1 is 1.03 bits per heavy atom. The zero-order valence-corrected chi connectivity index (χ0v) is 17.9. The van der Waals surface area contributed by atoms with Crippen LogP contribution in [0.3, 0.4) is 0 Å². The van der Waals surface area contributed by atoms with Crippen LogP contribution in [0.2, 0.25) is 0 Å². The molecule has 1 unspecified atom stereocenters. The zero-order valence-electron chi connectivity index (χ0n) is 17.1. The fraction of sp³-hybridized carbons (Fsp3) is 0.360. The van der Waals surface area contributed by atoms with Gasteiger partial charge in [-0.1, -0.05) is 60.7 Å². The maximum atomic E-state index is 13.5. The predicted molar refractivity (Wildman–Crippen MR) is 121 cm³/mol. The molecule has 3 aromatic rings. The maximum Gasteiger partial charge on any atom is 0.233 e. The van der Waals surface area contributed by atoms with Gasteiger partial charge < -0.3 is 10.2 Å². The van der Waals surface area contributed by atoms with Crippen molar-refractivity contribution < 1.29 is 4.79 Å². The van der Waals surface area contributed by atoms with E-state index in [2.05, 4.69) is 52.0 Å². The molecular formula is C25H27N3OS. The van der Waals surface area contributed by atoms with E-state index in [4.69, 9.17) is 4.98 Å². The van der Waals surface area contributed by atoms with E-state index in [-0.39, 0.29) is 11.9 Å². The Morgan fingerprint density at radius 3 is 2.37 bits per heavy atom. The lowest BCUT2D eigenvalue weighted by atomic mass is 10.0.